The summed E-state index contributed by atoms with van der Waals surface area (Å²) in [5.74, 6) is -3.41. The minimum atomic E-state index is -1.34. The molecule has 0 saturated heterocycles. The number of hydrogen-bond donors (Lipinski definition) is 1. The first-order chi connectivity index (χ1) is 9.08. The van der Waals surface area contributed by atoms with E-state index in [1.54, 1.807) is 0 Å². The molecular weight excluding hydrogens is 255 g/mol. The Morgan fingerprint density at radius 1 is 1.05 bits per heavy atom. The van der Waals surface area contributed by atoms with E-state index in [0.717, 1.165) is 25.7 Å². The molecule has 0 amide bonds. The Balaban J connectivity index is 2.29. The van der Waals surface area contributed by atoms with Gasteiger partial charge in [-0.3, -0.25) is 4.79 Å². The van der Waals surface area contributed by atoms with Crippen molar-refractivity contribution in [3.8, 4) is 0 Å². The quantitative estimate of drug-likeness (QED) is 0.787. The number of rotatable bonds is 1. The summed E-state index contributed by atoms with van der Waals surface area (Å²) in [6.07, 6.45) is 3.97. The van der Waals surface area contributed by atoms with Crippen molar-refractivity contribution in [1.29, 1.82) is 0 Å². The van der Waals surface area contributed by atoms with Gasteiger partial charge in [0, 0.05) is 17.8 Å². The number of fused-ring (bicyclic) bond motifs is 1. The van der Waals surface area contributed by atoms with Crippen molar-refractivity contribution in [2.24, 2.45) is 0 Å². The van der Waals surface area contributed by atoms with Gasteiger partial charge in [-0.25, -0.2) is 13.2 Å². The van der Waals surface area contributed by atoms with Gasteiger partial charge in [0.25, 0.3) is 0 Å². The van der Waals surface area contributed by atoms with Crippen LogP contribution in [0.3, 0.4) is 0 Å². The fourth-order valence-electron chi connectivity index (χ4n) is 2.80. The van der Waals surface area contributed by atoms with E-state index < -0.39 is 28.3 Å². The second-order valence-electron chi connectivity index (χ2n) is 4.97. The normalized spacial score (nSPS) is 16.4. The van der Waals surface area contributed by atoms with Gasteiger partial charge in [0.2, 0.25) is 0 Å². The molecule has 1 heterocycles. The summed E-state index contributed by atoms with van der Waals surface area (Å²) in [4.78, 5) is 14.7. The zero-order valence-corrected chi connectivity index (χ0v) is 10.1. The van der Waals surface area contributed by atoms with Crippen molar-refractivity contribution in [2.45, 2.75) is 31.6 Å². The van der Waals surface area contributed by atoms with Gasteiger partial charge in [-0.05, 0) is 18.8 Å². The molecule has 19 heavy (non-hydrogen) atoms. The van der Waals surface area contributed by atoms with Crippen LogP contribution in [0.5, 0.6) is 0 Å². The van der Waals surface area contributed by atoms with E-state index in [0.29, 0.717) is 11.8 Å². The highest BCUT2D eigenvalue weighted by molar-refractivity contribution is 5.80. The lowest BCUT2D eigenvalue weighted by Gasteiger charge is -2.11. The Kier molecular flexibility index (Phi) is 2.84. The van der Waals surface area contributed by atoms with Crippen LogP contribution in [-0.4, -0.2) is 4.98 Å². The molecule has 0 unspecified atom stereocenters. The zero-order valence-electron chi connectivity index (χ0n) is 10.1. The molecule has 0 spiro atoms. The standard InChI is InChI=1S/C14H12F3NO/c15-8-5-9(16)14-12(13(8)17)11(19)6-10(18-14)7-3-1-2-4-7/h5-7H,1-4H2,(H,18,19). The van der Waals surface area contributed by atoms with Crippen LogP contribution in [0.1, 0.15) is 37.3 Å². The number of pyridine rings is 1. The average molecular weight is 267 g/mol. The molecule has 1 aliphatic rings. The molecule has 1 fully saturated rings. The Bertz CT molecular complexity index is 702. The third-order valence-corrected chi connectivity index (χ3v) is 3.77. The van der Waals surface area contributed by atoms with Gasteiger partial charge in [-0.15, -0.1) is 0 Å². The monoisotopic (exact) mass is 267 g/mol. The molecule has 2 nitrogen and oxygen atoms in total. The first-order valence-electron chi connectivity index (χ1n) is 6.28. The van der Waals surface area contributed by atoms with Crippen LogP contribution in [0.4, 0.5) is 13.2 Å². The molecule has 1 N–H and O–H groups in total. The van der Waals surface area contributed by atoms with E-state index in [-0.39, 0.29) is 11.4 Å². The summed E-state index contributed by atoms with van der Waals surface area (Å²) in [5.41, 5.74) is -0.306. The van der Waals surface area contributed by atoms with Crippen molar-refractivity contribution >= 4 is 10.9 Å². The molecule has 0 aliphatic heterocycles. The minimum absolute atomic E-state index is 0.171. The topological polar surface area (TPSA) is 32.9 Å². The maximum Gasteiger partial charge on any atom is 0.192 e. The molecular formula is C14H12F3NO. The molecule has 0 bridgehead atoms. The van der Waals surface area contributed by atoms with Gasteiger partial charge in [0.15, 0.2) is 22.9 Å². The third kappa shape index (κ3) is 1.93. The van der Waals surface area contributed by atoms with E-state index in [2.05, 4.69) is 4.98 Å². The predicted octanol–water partition coefficient (Wildman–Crippen LogP) is 3.60. The van der Waals surface area contributed by atoms with Crippen molar-refractivity contribution in [3.05, 3.63) is 45.5 Å². The number of hydrogen-bond acceptors (Lipinski definition) is 1. The van der Waals surface area contributed by atoms with Gasteiger partial charge in [-0.1, -0.05) is 12.8 Å². The lowest BCUT2D eigenvalue weighted by atomic mass is 10.0. The number of H-pyrrole nitrogens is 1. The molecule has 100 valence electrons. The van der Waals surface area contributed by atoms with Gasteiger partial charge >= 0.3 is 0 Å². The fourth-order valence-corrected chi connectivity index (χ4v) is 2.80. The molecule has 1 aliphatic carbocycles. The largest absolute Gasteiger partial charge is 0.355 e. The first-order valence-corrected chi connectivity index (χ1v) is 6.28. The lowest BCUT2D eigenvalue weighted by Crippen LogP contribution is -2.11. The predicted molar refractivity (Wildman–Crippen MR) is 65.7 cm³/mol. The molecule has 0 atom stereocenters. The van der Waals surface area contributed by atoms with Crippen LogP contribution < -0.4 is 5.43 Å². The van der Waals surface area contributed by atoms with Crippen LogP contribution in [0.15, 0.2) is 16.9 Å². The summed E-state index contributed by atoms with van der Waals surface area (Å²) in [5, 5.41) is -0.542. The van der Waals surface area contributed by atoms with Crippen LogP contribution in [0, 0.1) is 17.5 Å². The van der Waals surface area contributed by atoms with E-state index in [1.165, 1.54) is 6.07 Å². The highest BCUT2D eigenvalue weighted by atomic mass is 19.2. The van der Waals surface area contributed by atoms with E-state index in [4.69, 9.17) is 0 Å². The van der Waals surface area contributed by atoms with Crippen LogP contribution >= 0.6 is 0 Å². The SMILES string of the molecule is O=c1cc(C2CCCC2)[nH]c2c(F)cc(F)c(F)c12. The highest BCUT2D eigenvalue weighted by Crippen LogP contribution is 2.33. The number of aromatic amines is 1. The summed E-state index contributed by atoms with van der Waals surface area (Å²) < 4.78 is 40.4. The molecule has 1 aromatic heterocycles. The number of benzene rings is 1. The molecule has 1 saturated carbocycles. The van der Waals surface area contributed by atoms with Crippen LogP contribution in [-0.2, 0) is 0 Å². The Hall–Kier alpha value is -1.78. The molecule has 3 rings (SSSR count). The van der Waals surface area contributed by atoms with Gasteiger partial charge < -0.3 is 4.98 Å². The highest BCUT2D eigenvalue weighted by Gasteiger charge is 2.21. The second kappa shape index (κ2) is 4.40. The maximum absolute atomic E-state index is 13.7. The maximum atomic E-state index is 13.7. The van der Waals surface area contributed by atoms with Crippen molar-refractivity contribution in [1.82, 2.24) is 4.98 Å². The number of aromatic nitrogens is 1. The minimum Gasteiger partial charge on any atom is -0.355 e. The number of halogens is 3. The molecule has 1 aromatic carbocycles. The molecule has 5 heteroatoms. The van der Waals surface area contributed by atoms with Crippen molar-refractivity contribution < 1.29 is 13.2 Å². The Labute approximate surface area is 107 Å². The van der Waals surface area contributed by atoms with Crippen molar-refractivity contribution in [2.75, 3.05) is 0 Å². The van der Waals surface area contributed by atoms with E-state index in [1.807, 2.05) is 0 Å². The van der Waals surface area contributed by atoms with E-state index in [9.17, 15) is 18.0 Å². The zero-order chi connectivity index (χ0) is 13.6. The van der Waals surface area contributed by atoms with Crippen LogP contribution in [0.25, 0.3) is 10.9 Å². The second-order valence-corrected chi connectivity index (χ2v) is 4.97. The van der Waals surface area contributed by atoms with Gasteiger partial charge in [0.1, 0.15) is 0 Å². The Morgan fingerprint density at radius 3 is 2.42 bits per heavy atom. The fraction of sp³-hybridized carbons (Fsp3) is 0.357. The third-order valence-electron chi connectivity index (χ3n) is 3.77. The number of nitrogens with one attached hydrogen (secondary N) is 1. The first kappa shape index (κ1) is 12.3. The lowest BCUT2D eigenvalue weighted by molar-refractivity contribution is 0.504. The van der Waals surface area contributed by atoms with Crippen molar-refractivity contribution in [3.63, 3.8) is 0 Å². The Morgan fingerprint density at radius 2 is 1.74 bits per heavy atom. The van der Waals surface area contributed by atoms with Gasteiger partial charge in [-0.2, -0.15) is 0 Å². The summed E-state index contributed by atoms with van der Waals surface area (Å²) >= 11 is 0. The average Bonchev–Trinajstić information content (AvgIpc) is 2.89. The van der Waals surface area contributed by atoms with Gasteiger partial charge in [0.05, 0.1) is 10.9 Å². The molecule has 2 aromatic rings. The molecule has 0 radical (unpaired) electrons. The summed E-state index contributed by atoms with van der Waals surface area (Å²) in [7, 11) is 0. The smallest absolute Gasteiger partial charge is 0.192 e. The van der Waals surface area contributed by atoms with Crippen LogP contribution in [0.2, 0.25) is 0 Å². The van der Waals surface area contributed by atoms with E-state index >= 15 is 0 Å². The summed E-state index contributed by atoms with van der Waals surface area (Å²) in [6.45, 7) is 0. The summed E-state index contributed by atoms with van der Waals surface area (Å²) in [6, 6.07) is 1.73.